The molecule has 0 saturated carbocycles. The van der Waals surface area contributed by atoms with Crippen molar-refractivity contribution in [2.45, 2.75) is 19.9 Å². The number of methoxy groups -OCH3 is 2. The standard InChI is InChI=1S/C14H23NO3/c1-10(2)8-18-9-13(15)12-6-5-11(16-3)7-14(12)17-4/h5-7,10,13H,8-9,15H2,1-4H3. The van der Waals surface area contributed by atoms with Crippen LogP contribution < -0.4 is 15.2 Å². The van der Waals surface area contributed by atoms with Crippen LogP contribution in [0.2, 0.25) is 0 Å². The summed E-state index contributed by atoms with van der Waals surface area (Å²) in [6, 6.07) is 5.43. The van der Waals surface area contributed by atoms with E-state index in [0.29, 0.717) is 19.1 Å². The zero-order valence-electron chi connectivity index (χ0n) is 11.6. The maximum Gasteiger partial charge on any atom is 0.127 e. The molecule has 102 valence electrons. The third-order valence-corrected chi connectivity index (χ3v) is 2.59. The van der Waals surface area contributed by atoms with Crippen molar-refractivity contribution in [1.29, 1.82) is 0 Å². The van der Waals surface area contributed by atoms with Crippen molar-refractivity contribution in [2.24, 2.45) is 11.7 Å². The summed E-state index contributed by atoms with van der Waals surface area (Å²) in [5, 5.41) is 0. The lowest BCUT2D eigenvalue weighted by molar-refractivity contribution is 0.0978. The second-order valence-electron chi connectivity index (χ2n) is 4.65. The summed E-state index contributed by atoms with van der Waals surface area (Å²) in [4.78, 5) is 0. The quantitative estimate of drug-likeness (QED) is 0.810. The van der Waals surface area contributed by atoms with Gasteiger partial charge in [0.25, 0.3) is 0 Å². The van der Waals surface area contributed by atoms with Crippen LogP contribution in [0.4, 0.5) is 0 Å². The third-order valence-electron chi connectivity index (χ3n) is 2.59. The Labute approximate surface area is 109 Å². The first-order chi connectivity index (χ1) is 8.58. The summed E-state index contributed by atoms with van der Waals surface area (Å²) < 4.78 is 16.0. The van der Waals surface area contributed by atoms with E-state index in [1.165, 1.54) is 0 Å². The smallest absolute Gasteiger partial charge is 0.127 e. The molecule has 0 heterocycles. The van der Waals surface area contributed by atoms with E-state index >= 15 is 0 Å². The molecule has 18 heavy (non-hydrogen) atoms. The van der Waals surface area contributed by atoms with Crippen molar-refractivity contribution in [3.63, 3.8) is 0 Å². The molecule has 0 radical (unpaired) electrons. The normalized spacial score (nSPS) is 12.6. The Morgan fingerprint density at radius 2 is 1.83 bits per heavy atom. The highest BCUT2D eigenvalue weighted by molar-refractivity contribution is 5.42. The molecule has 0 aliphatic rings. The highest BCUT2D eigenvalue weighted by Gasteiger charge is 2.13. The van der Waals surface area contributed by atoms with Crippen LogP contribution in [0, 0.1) is 5.92 Å². The lowest BCUT2D eigenvalue weighted by Gasteiger charge is -2.17. The van der Waals surface area contributed by atoms with Gasteiger partial charge in [-0.2, -0.15) is 0 Å². The van der Waals surface area contributed by atoms with Gasteiger partial charge < -0.3 is 19.9 Å². The van der Waals surface area contributed by atoms with Crippen LogP contribution >= 0.6 is 0 Å². The predicted octanol–water partition coefficient (Wildman–Crippen LogP) is 2.38. The van der Waals surface area contributed by atoms with E-state index < -0.39 is 0 Å². The van der Waals surface area contributed by atoms with Gasteiger partial charge in [-0.3, -0.25) is 0 Å². The zero-order valence-corrected chi connectivity index (χ0v) is 11.6. The fourth-order valence-corrected chi connectivity index (χ4v) is 1.65. The maximum absolute atomic E-state index is 6.10. The molecule has 1 atom stereocenters. The summed E-state index contributed by atoms with van der Waals surface area (Å²) in [6.07, 6.45) is 0. The summed E-state index contributed by atoms with van der Waals surface area (Å²) in [7, 11) is 3.25. The summed E-state index contributed by atoms with van der Waals surface area (Å²) in [5.74, 6) is 2.00. The van der Waals surface area contributed by atoms with Crippen LogP contribution in [0.5, 0.6) is 11.5 Å². The van der Waals surface area contributed by atoms with E-state index in [1.54, 1.807) is 14.2 Å². The SMILES string of the molecule is COc1ccc(C(N)COCC(C)C)c(OC)c1. The molecule has 2 N–H and O–H groups in total. The van der Waals surface area contributed by atoms with Crippen molar-refractivity contribution < 1.29 is 14.2 Å². The highest BCUT2D eigenvalue weighted by Crippen LogP contribution is 2.28. The van der Waals surface area contributed by atoms with Crippen molar-refractivity contribution in [2.75, 3.05) is 27.4 Å². The molecule has 1 aromatic carbocycles. The van der Waals surface area contributed by atoms with Gasteiger partial charge in [-0.05, 0) is 18.1 Å². The average molecular weight is 253 g/mol. The molecule has 1 aromatic rings. The molecular weight excluding hydrogens is 230 g/mol. The Morgan fingerprint density at radius 1 is 1.11 bits per heavy atom. The van der Waals surface area contributed by atoms with Crippen molar-refractivity contribution >= 4 is 0 Å². The lowest BCUT2D eigenvalue weighted by atomic mass is 10.1. The predicted molar refractivity (Wildman–Crippen MR) is 72.1 cm³/mol. The second kappa shape index (κ2) is 7.24. The van der Waals surface area contributed by atoms with Gasteiger partial charge in [-0.25, -0.2) is 0 Å². The van der Waals surface area contributed by atoms with Crippen LogP contribution in [0.15, 0.2) is 18.2 Å². The van der Waals surface area contributed by atoms with Gasteiger partial charge in [0.2, 0.25) is 0 Å². The van der Waals surface area contributed by atoms with Gasteiger partial charge in [-0.15, -0.1) is 0 Å². The Balaban J connectivity index is 2.69. The minimum atomic E-state index is -0.190. The molecule has 4 heteroatoms. The van der Waals surface area contributed by atoms with Gasteiger partial charge in [0, 0.05) is 18.2 Å². The molecule has 0 aliphatic heterocycles. The van der Waals surface area contributed by atoms with Crippen LogP contribution in [-0.4, -0.2) is 27.4 Å². The fourth-order valence-electron chi connectivity index (χ4n) is 1.65. The topological polar surface area (TPSA) is 53.7 Å². The van der Waals surface area contributed by atoms with E-state index in [-0.39, 0.29) is 6.04 Å². The Bertz CT molecular complexity index is 366. The molecule has 0 amide bonds. The molecule has 0 fully saturated rings. The van der Waals surface area contributed by atoms with E-state index in [0.717, 1.165) is 17.1 Å². The van der Waals surface area contributed by atoms with Crippen LogP contribution in [-0.2, 0) is 4.74 Å². The maximum atomic E-state index is 6.10. The van der Waals surface area contributed by atoms with E-state index in [2.05, 4.69) is 13.8 Å². The number of hydrogen-bond acceptors (Lipinski definition) is 4. The molecule has 0 aromatic heterocycles. The third kappa shape index (κ3) is 4.20. The highest BCUT2D eigenvalue weighted by atomic mass is 16.5. The molecule has 0 aliphatic carbocycles. The molecule has 4 nitrogen and oxygen atoms in total. The van der Waals surface area contributed by atoms with Crippen LogP contribution in [0.3, 0.4) is 0 Å². The van der Waals surface area contributed by atoms with Crippen molar-refractivity contribution in [3.05, 3.63) is 23.8 Å². The molecule has 1 rings (SSSR count). The van der Waals surface area contributed by atoms with Crippen LogP contribution in [0.25, 0.3) is 0 Å². The summed E-state index contributed by atoms with van der Waals surface area (Å²) in [6.45, 7) is 5.42. The monoisotopic (exact) mass is 253 g/mol. The zero-order chi connectivity index (χ0) is 13.5. The first-order valence-corrected chi connectivity index (χ1v) is 6.13. The number of hydrogen-bond donors (Lipinski definition) is 1. The largest absolute Gasteiger partial charge is 0.497 e. The lowest BCUT2D eigenvalue weighted by Crippen LogP contribution is -2.19. The molecule has 0 spiro atoms. The second-order valence-corrected chi connectivity index (χ2v) is 4.65. The summed E-state index contributed by atoms with van der Waals surface area (Å²) in [5.41, 5.74) is 7.04. The van der Waals surface area contributed by atoms with E-state index in [4.69, 9.17) is 19.9 Å². The van der Waals surface area contributed by atoms with Gasteiger partial charge in [-0.1, -0.05) is 13.8 Å². The van der Waals surface area contributed by atoms with E-state index in [1.807, 2.05) is 18.2 Å². The minimum absolute atomic E-state index is 0.190. The van der Waals surface area contributed by atoms with Crippen LogP contribution in [0.1, 0.15) is 25.5 Å². The van der Waals surface area contributed by atoms with Gasteiger partial charge in [0.15, 0.2) is 0 Å². The van der Waals surface area contributed by atoms with Gasteiger partial charge in [0.05, 0.1) is 26.9 Å². The minimum Gasteiger partial charge on any atom is -0.497 e. The first kappa shape index (κ1) is 14.8. The average Bonchev–Trinajstić information content (AvgIpc) is 2.37. The summed E-state index contributed by atoms with van der Waals surface area (Å²) >= 11 is 0. The van der Waals surface area contributed by atoms with Gasteiger partial charge in [0.1, 0.15) is 11.5 Å². The molecule has 0 saturated heterocycles. The molecule has 1 unspecified atom stereocenters. The Morgan fingerprint density at radius 3 is 2.39 bits per heavy atom. The number of nitrogens with two attached hydrogens (primary N) is 1. The Hall–Kier alpha value is -1.26. The van der Waals surface area contributed by atoms with Gasteiger partial charge >= 0.3 is 0 Å². The number of benzene rings is 1. The Kier molecular flexibility index (Phi) is 5.95. The van der Waals surface area contributed by atoms with Crippen molar-refractivity contribution in [3.8, 4) is 11.5 Å². The molecular formula is C14H23NO3. The molecule has 0 bridgehead atoms. The first-order valence-electron chi connectivity index (χ1n) is 6.13. The van der Waals surface area contributed by atoms with E-state index in [9.17, 15) is 0 Å². The number of ether oxygens (including phenoxy) is 3. The van der Waals surface area contributed by atoms with Crippen molar-refractivity contribution in [1.82, 2.24) is 0 Å². The fraction of sp³-hybridized carbons (Fsp3) is 0.571. The number of rotatable bonds is 7.